The van der Waals surface area contributed by atoms with Crippen molar-refractivity contribution >= 4 is 6.09 Å². The van der Waals surface area contributed by atoms with Gasteiger partial charge in [-0.1, -0.05) is 30.3 Å². The first-order valence-corrected chi connectivity index (χ1v) is 8.03. The Hall–Kier alpha value is -3.15. The predicted octanol–water partition coefficient (Wildman–Crippen LogP) is 3.70. The summed E-state index contributed by atoms with van der Waals surface area (Å²) in [5, 5.41) is 0. The van der Waals surface area contributed by atoms with E-state index in [1.807, 2.05) is 30.3 Å². The van der Waals surface area contributed by atoms with E-state index in [1.54, 1.807) is 11.2 Å². The summed E-state index contributed by atoms with van der Waals surface area (Å²) < 4.78 is 18.5. The molecule has 6 heteroatoms. The highest BCUT2D eigenvalue weighted by atomic mass is 19.1. The molecule has 0 saturated carbocycles. The summed E-state index contributed by atoms with van der Waals surface area (Å²) in [6, 6.07) is 14.8. The molecule has 0 saturated heterocycles. The number of carbonyl (C=O) groups excluding carboxylic acids is 1. The van der Waals surface area contributed by atoms with Crippen LogP contribution in [0.5, 0.6) is 5.75 Å². The van der Waals surface area contributed by atoms with Crippen molar-refractivity contribution in [3.8, 4) is 5.75 Å². The van der Waals surface area contributed by atoms with Gasteiger partial charge in [-0.05, 0) is 29.8 Å². The Morgan fingerprint density at radius 1 is 1.16 bits per heavy atom. The Kier molecular flexibility index (Phi) is 3.93. The van der Waals surface area contributed by atoms with E-state index in [0.29, 0.717) is 18.7 Å². The van der Waals surface area contributed by atoms with Crippen LogP contribution in [0.15, 0.2) is 60.9 Å². The number of H-pyrrole nitrogens is 1. The Balaban J connectivity index is 1.65. The summed E-state index contributed by atoms with van der Waals surface area (Å²) in [6.45, 7) is 0.509. The number of nitrogens with one attached hydrogen (secondary N) is 1. The van der Waals surface area contributed by atoms with E-state index >= 15 is 0 Å². The molecule has 3 aromatic rings. The van der Waals surface area contributed by atoms with Crippen molar-refractivity contribution in [3.63, 3.8) is 0 Å². The highest BCUT2D eigenvalue weighted by Gasteiger charge is 2.35. The van der Waals surface area contributed by atoms with Crippen molar-refractivity contribution in [2.45, 2.75) is 12.5 Å². The van der Waals surface area contributed by atoms with Gasteiger partial charge < -0.3 is 9.72 Å². The summed E-state index contributed by atoms with van der Waals surface area (Å²) in [7, 11) is 0. The molecular formula is C19H16FN3O2. The van der Waals surface area contributed by atoms with E-state index in [0.717, 1.165) is 17.0 Å². The first-order chi connectivity index (χ1) is 12.2. The maximum Gasteiger partial charge on any atom is 0.416 e. The van der Waals surface area contributed by atoms with Gasteiger partial charge in [0.05, 0.1) is 12.0 Å². The number of imidazole rings is 1. The number of aromatic amines is 1. The molecule has 1 aromatic heterocycles. The molecule has 2 heterocycles. The fraction of sp³-hybridized carbons (Fsp3) is 0.158. The van der Waals surface area contributed by atoms with Crippen LogP contribution in [-0.4, -0.2) is 27.5 Å². The van der Waals surface area contributed by atoms with Gasteiger partial charge in [-0.15, -0.1) is 0 Å². The second-order valence-corrected chi connectivity index (χ2v) is 5.84. The van der Waals surface area contributed by atoms with Crippen LogP contribution in [0.2, 0.25) is 0 Å². The van der Waals surface area contributed by atoms with Gasteiger partial charge in [0.15, 0.2) is 0 Å². The van der Waals surface area contributed by atoms with E-state index in [2.05, 4.69) is 9.97 Å². The molecule has 0 spiro atoms. The van der Waals surface area contributed by atoms with E-state index < -0.39 is 6.09 Å². The fourth-order valence-corrected chi connectivity index (χ4v) is 3.11. The molecule has 1 amide bonds. The molecule has 4 rings (SSSR count). The van der Waals surface area contributed by atoms with Crippen molar-refractivity contribution < 1.29 is 13.9 Å². The highest BCUT2D eigenvalue weighted by Crippen LogP contribution is 2.33. The summed E-state index contributed by atoms with van der Waals surface area (Å²) in [5.41, 5.74) is 2.82. The van der Waals surface area contributed by atoms with E-state index in [4.69, 9.17) is 4.74 Å². The highest BCUT2D eigenvalue weighted by molar-refractivity contribution is 5.72. The number of halogens is 1. The van der Waals surface area contributed by atoms with E-state index in [-0.39, 0.29) is 11.9 Å². The van der Waals surface area contributed by atoms with Gasteiger partial charge in [0.1, 0.15) is 17.6 Å². The van der Waals surface area contributed by atoms with Crippen LogP contribution in [0.3, 0.4) is 0 Å². The minimum atomic E-state index is -0.478. The van der Waals surface area contributed by atoms with Crippen LogP contribution in [0.25, 0.3) is 0 Å². The van der Waals surface area contributed by atoms with Crippen molar-refractivity contribution in [2.24, 2.45) is 0 Å². The minimum absolute atomic E-state index is 0.311. The van der Waals surface area contributed by atoms with Gasteiger partial charge in [0.25, 0.3) is 0 Å². The first-order valence-electron chi connectivity index (χ1n) is 8.03. The molecule has 1 aliphatic heterocycles. The zero-order chi connectivity index (χ0) is 17.2. The molecule has 2 aromatic carbocycles. The van der Waals surface area contributed by atoms with Crippen LogP contribution >= 0.6 is 0 Å². The molecule has 0 aliphatic carbocycles. The average Bonchev–Trinajstić information content (AvgIpc) is 3.12. The second-order valence-electron chi connectivity index (χ2n) is 5.84. The summed E-state index contributed by atoms with van der Waals surface area (Å²) in [5.74, 6) is -0.0628. The third kappa shape index (κ3) is 2.98. The van der Waals surface area contributed by atoms with Crippen LogP contribution in [0.4, 0.5) is 9.18 Å². The standard InChI is InChI=1S/C19H16FN3O2/c20-14-6-8-15(9-7-14)25-19(24)23-11-10-16-17(22-12-21-16)18(23)13-4-2-1-3-5-13/h1-9,12,18H,10-11H2,(H,21,22). The first kappa shape index (κ1) is 15.4. The van der Waals surface area contributed by atoms with E-state index in [9.17, 15) is 9.18 Å². The van der Waals surface area contributed by atoms with Gasteiger partial charge >= 0.3 is 6.09 Å². The molecule has 126 valence electrons. The van der Waals surface area contributed by atoms with Gasteiger partial charge in [0.2, 0.25) is 0 Å². The number of nitrogens with zero attached hydrogens (tertiary/aromatic N) is 2. The number of aromatic nitrogens is 2. The predicted molar refractivity (Wildman–Crippen MR) is 89.7 cm³/mol. The lowest BCUT2D eigenvalue weighted by Gasteiger charge is -2.34. The topological polar surface area (TPSA) is 58.2 Å². The SMILES string of the molecule is O=C(Oc1ccc(F)cc1)N1CCc2[nH]cnc2C1c1ccccc1. The number of benzene rings is 2. The largest absolute Gasteiger partial charge is 0.416 e. The number of amides is 1. The van der Waals surface area contributed by atoms with Crippen molar-refractivity contribution in [3.05, 3.63) is 83.7 Å². The Bertz CT molecular complexity index is 877. The number of ether oxygens (including phenoxy) is 1. The number of fused-ring (bicyclic) bond motifs is 1. The molecule has 1 aliphatic rings. The third-order valence-electron chi connectivity index (χ3n) is 4.29. The van der Waals surface area contributed by atoms with Gasteiger partial charge in [0, 0.05) is 18.7 Å². The molecule has 25 heavy (non-hydrogen) atoms. The second kappa shape index (κ2) is 6.39. The molecule has 0 fully saturated rings. The third-order valence-corrected chi connectivity index (χ3v) is 4.29. The van der Waals surface area contributed by atoms with Gasteiger partial charge in [-0.2, -0.15) is 0 Å². The maximum absolute atomic E-state index is 13.0. The van der Waals surface area contributed by atoms with Gasteiger partial charge in [-0.3, -0.25) is 4.90 Å². The fourth-order valence-electron chi connectivity index (χ4n) is 3.11. The minimum Gasteiger partial charge on any atom is -0.410 e. The maximum atomic E-state index is 13.0. The van der Waals surface area contributed by atoms with Crippen molar-refractivity contribution in [1.82, 2.24) is 14.9 Å². The molecule has 1 N–H and O–H groups in total. The lowest BCUT2D eigenvalue weighted by atomic mass is 9.96. The number of carbonyl (C=O) groups is 1. The quantitative estimate of drug-likeness (QED) is 0.776. The zero-order valence-electron chi connectivity index (χ0n) is 13.4. The van der Waals surface area contributed by atoms with Crippen molar-refractivity contribution in [2.75, 3.05) is 6.54 Å². The summed E-state index contributed by atoms with van der Waals surface area (Å²) in [6.07, 6.45) is 1.85. The number of rotatable bonds is 2. The monoisotopic (exact) mass is 337 g/mol. The smallest absolute Gasteiger partial charge is 0.410 e. The van der Waals surface area contributed by atoms with Crippen LogP contribution < -0.4 is 4.74 Å². The lowest BCUT2D eigenvalue weighted by Crippen LogP contribution is -2.42. The van der Waals surface area contributed by atoms with Crippen LogP contribution in [0, 0.1) is 5.82 Å². The van der Waals surface area contributed by atoms with E-state index in [1.165, 1.54) is 24.3 Å². The molecule has 0 bridgehead atoms. The number of hydrogen-bond donors (Lipinski definition) is 1. The lowest BCUT2D eigenvalue weighted by molar-refractivity contribution is 0.134. The van der Waals surface area contributed by atoms with Crippen LogP contribution in [-0.2, 0) is 6.42 Å². The van der Waals surface area contributed by atoms with Crippen LogP contribution in [0.1, 0.15) is 23.0 Å². The Labute approximate surface area is 144 Å². The summed E-state index contributed by atoms with van der Waals surface area (Å²) in [4.78, 5) is 21.9. The Morgan fingerprint density at radius 2 is 1.92 bits per heavy atom. The Morgan fingerprint density at radius 3 is 2.68 bits per heavy atom. The molecule has 0 radical (unpaired) electrons. The van der Waals surface area contributed by atoms with Crippen molar-refractivity contribution in [1.29, 1.82) is 0 Å². The van der Waals surface area contributed by atoms with Gasteiger partial charge in [-0.25, -0.2) is 14.2 Å². The summed E-state index contributed by atoms with van der Waals surface area (Å²) >= 11 is 0. The molecule has 5 nitrogen and oxygen atoms in total. The molecule has 1 unspecified atom stereocenters. The zero-order valence-corrected chi connectivity index (χ0v) is 13.4. The molecular weight excluding hydrogens is 321 g/mol. The normalized spacial score (nSPS) is 16.4. The average molecular weight is 337 g/mol. The molecule has 1 atom stereocenters. The number of hydrogen-bond acceptors (Lipinski definition) is 3.